The van der Waals surface area contributed by atoms with Gasteiger partial charge >= 0.3 is 74.8 Å². The van der Waals surface area contributed by atoms with Gasteiger partial charge in [0.05, 0.1) is 0 Å². The molecule has 0 aliphatic rings. The fourth-order valence-electron chi connectivity index (χ4n) is 0. The second-order valence-electron chi connectivity index (χ2n) is 0. The van der Waals surface area contributed by atoms with Crippen molar-refractivity contribution >= 4 is 57.5 Å². The Hall–Kier alpha value is 3.02. The van der Waals surface area contributed by atoms with Gasteiger partial charge in [-0.3, -0.25) is 0 Å². The average molecular weight is 260 g/mol. The summed E-state index contributed by atoms with van der Waals surface area (Å²) < 4.78 is 0. The number of rotatable bonds is 0. The second kappa shape index (κ2) is 206. The third-order valence-corrected chi connectivity index (χ3v) is 0. The van der Waals surface area contributed by atoms with E-state index in [4.69, 9.17) is 0 Å². The van der Waals surface area contributed by atoms with E-state index in [1.165, 1.54) is 0 Å². The smallest absolute Gasteiger partial charge is 2.00 e. The molecule has 0 rings (SSSR count). The van der Waals surface area contributed by atoms with Crippen molar-refractivity contribution in [1.82, 2.24) is 0 Å². The van der Waals surface area contributed by atoms with Crippen LogP contribution in [-0.4, -0.2) is 37.7 Å². The largest absolute Gasteiger partial charge is 5.00 e. The molecule has 0 aliphatic carbocycles. The van der Waals surface area contributed by atoms with Gasteiger partial charge in [-0.2, -0.15) is 0 Å². The molecule has 0 aromatic heterocycles. The molecule has 0 aromatic rings. The van der Waals surface area contributed by atoms with Gasteiger partial charge in [0.15, 0.2) is 0 Å². The monoisotopic (exact) mass is 260 g/mol. The van der Waals surface area contributed by atoms with Crippen molar-refractivity contribution in [1.29, 1.82) is 0 Å². The van der Waals surface area contributed by atoms with Gasteiger partial charge in [0.25, 0.3) is 0 Å². The molecule has 54 valence electrons. The van der Waals surface area contributed by atoms with Gasteiger partial charge in [-0.1, -0.05) is 0 Å². The molecule has 0 atom stereocenters. The van der Waals surface area contributed by atoms with E-state index < -0.39 is 0 Å². The summed E-state index contributed by atoms with van der Waals surface area (Å²) in [6.07, 6.45) is 0. The van der Waals surface area contributed by atoms with Crippen LogP contribution in [0.15, 0.2) is 0 Å². The maximum absolute atomic E-state index is 0. The molecule has 0 bridgehead atoms. The van der Waals surface area contributed by atoms with Crippen LogP contribution >= 0.6 is 19.8 Å². The first-order valence-corrected chi connectivity index (χ1v) is 0. The van der Waals surface area contributed by atoms with Crippen molar-refractivity contribution in [3.63, 3.8) is 0 Å². The van der Waals surface area contributed by atoms with Crippen molar-refractivity contribution in [3.05, 3.63) is 0 Å². The van der Waals surface area contributed by atoms with Crippen molar-refractivity contribution in [3.8, 4) is 0 Å². The fraction of sp³-hybridized carbons (Fsp3) is 0. The van der Waals surface area contributed by atoms with Crippen LogP contribution in [0.4, 0.5) is 0 Å². The van der Waals surface area contributed by atoms with Crippen LogP contribution in [-0.2, 0) is 64.5 Å². The molecule has 0 amide bonds. The van der Waals surface area contributed by atoms with Gasteiger partial charge in [-0.15, -0.1) is 0 Å². The van der Waals surface area contributed by atoms with Crippen LogP contribution in [0, 0.1) is 0 Å². The molecule has 0 fully saturated rings. The minimum absolute atomic E-state index is 0. The van der Waals surface area contributed by atoms with Gasteiger partial charge in [0, 0.05) is 19.8 Å². The van der Waals surface area contributed by atoms with E-state index in [2.05, 4.69) is 0 Å². The van der Waals surface area contributed by atoms with E-state index in [0.717, 1.165) is 0 Å². The molecular weight excluding hydrogens is 258 g/mol. The van der Waals surface area contributed by atoms with Crippen LogP contribution in [0.5, 0.6) is 0 Å². The summed E-state index contributed by atoms with van der Waals surface area (Å²) in [4.78, 5) is 0. The Morgan fingerprint density at radius 2 is 0.364 bits per heavy atom. The van der Waals surface area contributed by atoms with Gasteiger partial charge in [0.1, 0.15) is 0 Å². The summed E-state index contributed by atoms with van der Waals surface area (Å²) in [5.74, 6) is 0. The summed E-state index contributed by atoms with van der Waals surface area (Å²) in [6.45, 7) is 0. The van der Waals surface area contributed by atoms with Crippen molar-refractivity contribution in [2.45, 2.75) is 0 Å². The Morgan fingerprint density at radius 3 is 0.364 bits per heavy atom. The van der Waals surface area contributed by atoms with Gasteiger partial charge in [0.2, 0.25) is 0 Å². The zero-order valence-corrected chi connectivity index (χ0v) is 8.41. The molecular formula is H2Li2O5P2V2. The predicted octanol–water partition coefficient (Wildman–Crippen LogP) is -0.174. The minimum Gasteiger partial charge on any atom is -2.00 e. The summed E-state index contributed by atoms with van der Waals surface area (Å²) in [7, 11) is 0. The fourth-order valence-corrected chi connectivity index (χ4v) is 0. The van der Waals surface area contributed by atoms with Crippen molar-refractivity contribution in [2.75, 3.05) is 0 Å². The summed E-state index contributed by atoms with van der Waals surface area (Å²) in [5, 5.41) is 0. The van der Waals surface area contributed by atoms with Crippen LogP contribution in [0.3, 0.4) is 0 Å². The van der Waals surface area contributed by atoms with Crippen LogP contribution < -0.4 is 0 Å². The minimum atomic E-state index is 0. The standard InChI is InChI=1S/2Li.5O.2P.2V.2H/q;;5*-2;;;2*+5;;. The molecule has 5 nitrogen and oxygen atoms in total. The molecule has 0 N–H and O–H groups in total. The first kappa shape index (κ1) is 260. The quantitative estimate of drug-likeness (QED) is 0.420. The van der Waals surface area contributed by atoms with Crippen molar-refractivity contribution < 1.29 is 64.5 Å². The first-order chi connectivity index (χ1) is 0. The van der Waals surface area contributed by atoms with Crippen LogP contribution in [0.1, 0.15) is 0 Å². The van der Waals surface area contributed by atoms with E-state index in [9.17, 15) is 0 Å². The third-order valence-electron chi connectivity index (χ3n) is 0. The summed E-state index contributed by atoms with van der Waals surface area (Å²) >= 11 is 0. The van der Waals surface area contributed by atoms with Gasteiger partial charge in [-0.05, 0) is 0 Å². The zero-order valence-electron chi connectivity index (χ0n) is 3.83. The van der Waals surface area contributed by atoms with E-state index in [1.54, 1.807) is 0 Å². The molecule has 0 spiro atoms. The topological polar surface area (TPSA) is 142 Å². The Labute approximate surface area is 121 Å². The van der Waals surface area contributed by atoms with E-state index in [0.29, 0.717) is 0 Å². The molecule has 11 heavy (non-hydrogen) atoms. The number of hydrogen-bond acceptors (Lipinski definition) is 0. The van der Waals surface area contributed by atoms with Crippen LogP contribution in [0.25, 0.3) is 0 Å². The normalized spacial score (nSPS) is 0. The predicted molar refractivity (Wildman–Crippen MR) is 31.6 cm³/mol. The van der Waals surface area contributed by atoms with Gasteiger partial charge in [-0.25, -0.2) is 0 Å². The van der Waals surface area contributed by atoms with E-state index in [-0.39, 0.29) is 122 Å². The molecule has 0 saturated heterocycles. The molecule has 11 heteroatoms. The third kappa shape index (κ3) is 173. The SMILES string of the molecule is [LiH].[LiH].[O-2].[O-2].[O-2].[O-2].[O-2].[P].[P].[V+5].[V+5]. The van der Waals surface area contributed by atoms with E-state index in [1.807, 2.05) is 0 Å². The molecule has 0 aliphatic heterocycles. The average Bonchev–Trinajstić information content (AvgIpc) is 0. The van der Waals surface area contributed by atoms with Crippen LogP contribution in [0.2, 0.25) is 0 Å². The Bertz CT molecular complexity index is 20.4. The zero-order chi connectivity index (χ0) is 0. The maximum atomic E-state index is 0. The first-order valence-electron chi connectivity index (χ1n) is 0. The van der Waals surface area contributed by atoms with E-state index >= 15 is 0 Å². The summed E-state index contributed by atoms with van der Waals surface area (Å²) in [6, 6.07) is 0. The second-order valence-corrected chi connectivity index (χ2v) is 0. The Kier molecular flexibility index (Phi) is 4870. The number of hydrogen-bond donors (Lipinski definition) is 0. The molecule has 0 aromatic carbocycles. The molecule has 0 unspecified atom stereocenters. The van der Waals surface area contributed by atoms with Gasteiger partial charge < -0.3 is 27.4 Å². The Morgan fingerprint density at radius 1 is 0.364 bits per heavy atom. The van der Waals surface area contributed by atoms with Crippen molar-refractivity contribution in [2.24, 2.45) is 0 Å². The molecule has 0 saturated carbocycles. The molecule has 0 heterocycles. The Balaban J connectivity index is 0. The molecule has 6 radical (unpaired) electrons. The maximum Gasteiger partial charge on any atom is 5.00 e. The summed E-state index contributed by atoms with van der Waals surface area (Å²) in [5.41, 5.74) is 0.